The number of hydrogen-bond acceptors (Lipinski definition) is 2. The highest BCUT2D eigenvalue weighted by molar-refractivity contribution is 5.30. The summed E-state index contributed by atoms with van der Waals surface area (Å²) in [6, 6.07) is 8.66. The maximum atomic E-state index is 5.68. The van der Waals surface area contributed by atoms with Crippen LogP contribution in [0.15, 0.2) is 24.3 Å². The molecule has 3 rings (SSSR count). The lowest BCUT2D eigenvalue weighted by atomic mass is 9.86. The number of hydrogen-bond donors (Lipinski definition) is 0. The van der Waals surface area contributed by atoms with Gasteiger partial charge in [0.1, 0.15) is 18.5 Å². The van der Waals surface area contributed by atoms with Crippen molar-refractivity contribution in [3.8, 4) is 5.75 Å². The van der Waals surface area contributed by atoms with Crippen LogP contribution in [0.2, 0.25) is 0 Å². The summed E-state index contributed by atoms with van der Waals surface area (Å²) in [7, 11) is 0. The van der Waals surface area contributed by atoms with Gasteiger partial charge in [-0.2, -0.15) is 0 Å². The van der Waals surface area contributed by atoms with Crippen LogP contribution in [-0.4, -0.2) is 19.3 Å². The predicted octanol–water partition coefficient (Wildman–Crippen LogP) is 4.76. The van der Waals surface area contributed by atoms with Gasteiger partial charge in [-0.15, -0.1) is 0 Å². The van der Waals surface area contributed by atoms with Crippen LogP contribution in [0.25, 0.3) is 0 Å². The zero-order valence-corrected chi connectivity index (χ0v) is 12.9. The molecule has 1 aliphatic carbocycles. The molecule has 5 radical (unpaired) electrons. The van der Waals surface area contributed by atoms with Crippen molar-refractivity contribution in [1.29, 1.82) is 0 Å². The van der Waals surface area contributed by atoms with Crippen molar-refractivity contribution in [2.45, 2.75) is 50.5 Å². The molecule has 2 nitrogen and oxygen atoms in total. The summed E-state index contributed by atoms with van der Waals surface area (Å²) in [6.07, 6.45) is 10.9. The largest absolute Gasteiger partial charge is 0.491 e. The van der Waals surface area contributed by atoms with E-state index in [0.29, 0.717) is 18.6 Å². The van der Waals surface area contributed by atoms with E-state index >= 15 is 0 Å². The second-order valence-corrected chi connectivity index (χ2v) is 5.67. The van der Waals surface area contributed by atoms with Crippen LogP contribution >= 0.6 is 0 Å². The van der Waals surface area contributed by atoms with Crippen molar-refractivity contribution in [1.82, 2.24) is 0 Å². The molecule has 0 bridgehead atoms. The van der Waals surface area contributed by atoms with Crippen molar-refractivity contribution in [2.24, 2.45) is 0 Å². The average molecular weight is 287 g/mol. The second kappa shape index (κ2) is 9.09. The first-order valence-corrected chi connectivity index (χ1v) is 7.59. The van der Waals surface area contributed by atoms with E-state index in [-0.39, 0.29) is 14.9 Å². The summed E-state index contributed by atoms with van der Waals surface area (Å²) in [5.74, 6) is 1.60. The van der Waals surface area contributed by atoms with Gasteiger partial charge in [-0.25, -0.2) is 0 Å². The molecule has 1 heterocycles. The summed E-state index contributed by atoms with van der Waals surface area (Å²) >= 11 is 0. The molecule has 21 heavy (non-hydrogen) atoms. The second-order valence-electron chi connectivity index (χ2n) is 5.67. The molecule has 1 aliphatic heterocycles. The Morgan fingerprint density at radius 1 is 1.00 bits per heavy atom. The lowest BCUT2D eigenvalue weighted by Gasteiger charge is -2.20. The summed E-state index contributed by atoms with van der Waals surface area (Å²) < 4.78 is 10.8. The van der Waals surface area contributed by atoms with Gasteiger partial charge in [-0.05, 0) is 42.9 Å². The maximum absolute atomic E-state index is 5.68. The monoisotopic (exact) mass is 287 g/mol. The van der Waals surface area contributed by atoms with Gasteiger partial charge in [0.25, 0.3) is 0 Å². The SMILES string of the molecule is [CH2].[CH2].[CH]1CCCCCCC1c1ccc(OCC2CO2)cc1. The van der Waals surface area contributed by atoms with Gasteiger partial charge in [0.2, 0.25) is 0 Å². The Kier molecular flexibility index (Phi) is 7.81. The Morgan fingerprint density at radius 2 is 1.71 bits per heavy atom. The van der Waals surface area contributed by atoms with Crippen LogP contribution < -0.4 is 4.74 Å². The highest BCUT2D eigenvalue weighted by atomic mass is 16.6. The Hall–Kier alpha value is -1.02. The summed E-state index contributed by atoms with van der Waals surface area (Å²) in [6.45, 7) is 1.55. The van der Waals surface area contributed by atoms with E-state index in [0.717, 1.165) is 12.4 Å². The Labute approximate surface area is 130 Å². The van der Waals surface area contributed by atoms with E-state index in [1.165, 1.54) is 44.1 Å². The molecule has 2 unspecified atom stereocenters. The zero-order valence-electron chi connectivity index (χ0n) is 12.9. The fourth-order valence-electron chi connectivity index (χ4n) is 2.77. The van der Waals surface area contributed by atoms with E-state index in [1.807, 2.05) is 0 Å². The van der Waals surface area contributed by atoms with Crippen LogP contribution in [0.1, 0.15) is 50.0 Å². The van der Waals surface area contributed by atoms with Crippen molar-refractivity contribution >= 4 is 0 Å². The third kappa shape index (κ3) is 5.70. The fraction of sp³-hybridized carbons (Fsp3) is 0.526. The highest BCUT2D eigenvalue weighted by Gasteiger charge is 2.23. The lowest BCUT2D eigenvalue weighted by Crippen LogP contribution is -2.05. The molecule has 0 aromatic heterocycles. The molecule has 2 atom stereocenters. The van der Waals surface area contributed by atoms with E-state index in [9.17, 15) is 0 Å². The summed E-state index contributed by atoms with van der Waals surface area (Å²) in [5.41, 5.74) is 1.44. The van der Waals surface area contributed by atoms with Crippen LogP contribution in [0.3, 0.4) is 0 Å². The molecular formula is C19H27O2. The molecule has 1 aromatic rings. The normalized spacial score (nSPS) is 22.2. The summed E-state index contributed by atoms with van der Waals surface area (Å²) in [5, 5.41) is 0. The fourth-order valence-corrected chi connectivity index (χ4v) is 2.77. The zero-order chi connectivity index (χ0) is 12.9. The molecule has 115 valence electrons. The van der Waals surface area contributed by atoms with E-state index in [1.54, 1.807) is 0 Å². The first-order chi connectivity index (χ1) is 9.42. The Morgan fingerprint density at radius 3 is 2.43 bits per heavy atom. The van der Waals surface area contributed by atoms with Gasteiger partial charge in [0.15, 0.2) is 0 Å². The van der Waals surface area contributed by atoms with Crippen LogP contribution in [0.4, 0.5) is 0 Å². The van der Waals surface area contributed by atoms with Crippen molar-refractivity contribution in [3.05, 3.63) is 51.1 Å². The van der Waals surface area contributed by atoms with E-state index in [4.69, 9.17) is 9.47 Å². The number of epoxide rings is 1. The van der Waals surface area contributed by atoms with Gasteiger partial charge in [0, 0.05) is 0 Å². The molecule has 0 spiro atoms. The summed E-state index contributed by atoms with van der Waals surface area (Å²) in [4.78, 5) is 0. The maximum Gasteiger partial charge on any atom is 0.119 e. The molecule has 1 saturated heterocycles. The minimum absolute atomic E-state index is 0. The van der Waals surface area contributed by atoms with Crippen LogP contribution in [0, 0.1) is 21.3 Å². The number of ether oxygens (including phenoxy) is 2. The number of rotatable bonds is 4. The minimum atomic E-state index is 0. The van der Waals surface area contributed by atoms with Crippen LogP contribution in [-0.2, 0) is 4.74 Å². The molecule has 0 amide bonds. The molecule has 2 aliphatic rings. The Balaban J connectivity index is 0.00000110. The first-order valence-electron chi connectivity index (χ1n) is 7.59. The third-order valence-corrected chi connectivity index (χ3v) is 4.07. The number of benzene rings is 1. The minimum Gasteiger partial charge on any atom is -0.491 e. The van der Waals surface area contributed by atoms with Crippen molar-refractivity contribution in [2.75, 3.05) is 13.2 Å². The predicted molar refractivity (Wildman–Crippen MR) is 87.1 cm³/mol. The topological polar surface area (TPSA) is 21.8 Å². The van der Waals surface area contributed by atoms with Gasteiger partial charge in [0.05, 0.1) is 6.61 Å². The third-order valence-electron chi connectivity index (χ3n) is 4.07. The lowest BCUT2D eigenvalue weighted by molar-refractivity contribution is 0.263. The van der Waals surface area contributed by atoms with Gasteiger partial charge < -0.3 is 9.47 Å². The van der Waals surface area contributed by atoms with E-state index in [2.05, 4.69) is 30.7 Å². The molecule has 2 heteroatoms. The highest BCUT2D eigenvalue weighted by Crippen LogP contribution is 2.31. The van der Waals surface area contributed by atoms with Crippen LogP contribution in [0.5, 0.6) is 5.75 Å². The average Bonchev–Trinajstić information content (AvgIpc) is 3.21. The van der Waals surface area contributed by atoms with Gasteiger partial charge in [-0.1, -0.05) is 52.7 Å². The first kappa shape index (κ1) is 18.0. The quantitative estimate of drug-likeness (QED) is 0.745. The molecule has 1 saturated carbocycles. The smallest absolute Gasteiger partial charge is 0.119 e. The van der Waals surface area contributed by atoms with E-state index < -0.39 is 0 Å². The molecule has 1 aromatic carbocycles. The molecule has 0 N–H and O–H groups in total. The standard InChI is InChI=1S/C17H23O2.2CH2/c1-2-4-6-14(7-5-3-1)15-8-10-16(11-9-15)18-12-17-13-19-17;;/h6,8-11,14,17H,1-5,7,12-13H2;2*1H2. The van der Waals surface area contributed by atoms with Crippen molar-refractivity contribution < 1.29 is 9.47 Å². The molecule has 2 fully saturated rings. The Bertz CT molecular complexity index is 373. The molecular weight excluding hydrogens is 260 g/mol. The van der Waals surface area contributed by atoms with Gasteiger partial charge in [-0.3, -0.25) is 0 Å². The van der Waals surface area contributed by atoms with Gasteiger partial charge >= 0.3 is 0 Å². The van der Waals surface area contributed by atoms with Crippen molar-refractivity contribution in [3.63, 3.8) is 0 Å².